The van der Waals surface area contributed by atoms with Crippen LogP contribution in [0.25, 0.3) is 0 Å². The zero-order valence-electron chi connectivity index (χ0n) is 7.20. The van der Waals surface area contributed by atoms with Crippen LogP contribution in [0, 0.1) is 0 Å². The Labute approximate surface area is 75.3 Å². The van der Waals surface area contributed by atoms with Crippen molar-refractivity contribution >= 4 is 0 Å². The van der Waals surface area contributed by atoms with Crippen molar-refractivity contribution in [3.63, 3.8) is 0 Å². The molecular formula is C7H14O6. The van der Waals surface area contributed by atoms with E-state index in [9.17, 15) is 15.3 Å². The average molecular weight is 194 g/mol. The van der Waals surface area contributed by atoms with Crippen molar-refractivity contribution in [2.24, 2.45) is 0 Å². The van der Waals surface area contributed by atoms with Crippen molar-refractivity contribution < 1.29 is 29.9 Å². The Morgan fingerprint density at radius 1 is 1.15 bits per heavy atom. The minimum atomic E-state index is -1.36. The van der Waals surface area contributed by atoms with Gasteiger partial charge in [0.15, 0.2) is 6.29 Å². The van der Waals surface area contributed by atoms with Crippen molar-refractivity contribution in [1.82, 2.24) is 0 Å². The topological polar surface area (TPSA) is 99.4 Å². The lowest BCUT2D eigenvalue weighted by molar-refractivity contribution is -0.294. The summed E-state index contributed by atoms with van der Waals surface area (Å²) < 4.78 is 9.65. The zero-order chi connectivity index (χ0) is 10.0. The molecule has 0 aromatic carbocycles. The van der Waals surface area contributed by atoms with Crippen molar-refractivity contribution in [3.8, 4) is 0 Å². The van der Waals surface area contributed by atoms with E-state index in [1.165, 1.54) is 7.11 Å². The van der Waals surface area contributed by atoms with Gasteiger partial charge in [-0.3, -0.25) is 0 Å². The molecule has 1 saturated heterocycles. The Hall–Kier alpha value is -0.240. The number of ether oxygens (including phenoxy) is 2. The second-order valence-corrected chi connectivity index (χ2v) is 2.93. The van der Waals surface area contributed by atoms with E-state index in [2.05, 4.69) is 0 Å². The van der Waals surface area contributed by atoms with E-state index >= 15 is 0 Å². The lowest BCUT2D eigenvalue weighted by Gasteiger charge is -2.38. The Morgan fingerprint density at radius 2 is 1.77 bits per heavy atom. The van der Waals surface area contributed by atoms with Crippen molar-refractivity contribution in [1.29, 1.82) is 0 Å². The summed E-state index contributed by atoms with van der Waals surface area (Å²) in [6.45, 7) is -0.440. The van der Waals surface area contributed by atoms with Gasteiger partial charge in [0.1, 0.15) is 24.4 Å². The summed E-state index contributed by atoms with van der Waals surface area (Å²) in [5.41, 5.74) is 0. The molecule has 0 aromatic rings. The molecular weight excluding hydrogens is 180 g/mol. The van der Waals surface area contributed by atoms with Gasteiger partial charge >= 0.3 is 0 Å². The molecule has 0 amide bonds. The van der Waals surface area contributed by atoms with Crippen LogP contribution in [0.1, 0.15) is 0 Å². The van der Waals surface area contributed by atoms with Gasteiger partial charge in [-0.15, -0.1) is 0 Å². The molecule has 1 rings (SSSR count). The maximum atomic E-state index is 9.28. The number of hydrogen-bond acceptors (Lipinski definition) is 6. The van der Waals surface area contributed by atoms with E-state index in [1.807, 2.05) is 0 Å². The monoisotopic (exact) mass is 194 g/mol. The number of aliphatic hydroxyl groups is 4. The summed E-state index contributed by atoms with van der Waals surface area (Å²) in [5, 5.41) is 36.6. The fraction of sp³-hybridized carbons (Fsp3) is 1.00. The summed E-state index contributed by atoms with van der Waals surface area (Å²) >= 11 is 0. The highest BCUT2D eigenvalue weighted by Gasteiger charge is 2.43. The highest BCUT2D eigenvalue weighted by atomic mass is 16.7. The standard InChI is InChI=1S/C7H14O6/c1-12-7-6(11)5(10)4(9)3(2-8)13-7/h3-11H,2H2,1H3/t3?,4-,5-,6?,7+/m1/s1. The van der Waals surface area contributed by atoms with Crippen LogP contribution in [0.3, 0.4) is 0 Å². The molecule has 4 N–H and O–H groups in total. The van der Waals surface area contributed by atoms with Crippen LogP contribution in [0.2, 0.25) is 0 Å². The molecule has 78 valence electrons. The number of hydrogen-bond donors (Lipinski definition) is 4. The number of methoxy groups -OCH3 is 1. The Bertz CT molecular complexity index is 143. The molecule has 0 aromatic heterocycles. The van der Waals surface area contributed by atoms with Gasteiger partial charge in [-0.25, -0.2) is 0 Å². The van der Waals surface area contributed by atoms with Crippen LogP contribution in [-0.2, 0) is 9.47 Å². The predicted molar refractivity (Wildman–Crippen MR) is 40.8 cm³/mol. The fourth-order valence-electron chi connectivity index (χ4n) is 1.26. The van der Waals surface area contributed by atoms with Crippen molar-refractivity contribution in [2.75, 3.05) is 13.7 Å². The fourth-order valence-corrected chi connectivity index (χ4v) is 1.26. The van der Waals surface area contributed by atoms with E-state index in [1.54, 1.807) is 0 Å². The van der Waals surface area contributed by atoms with Crippen LogP contribution >= 0.6 is 0 Å². The minimum Gasteiger partial charge on any atom is -0.394 e. The van der Waals surface area contributed by atoms with Crippen molar-refractivity contribution in [3.05, 3.63) is 0 Å². The van der Waals surface area contributed by atoms with Gasteiger partial charge in [0, 0.05) is 7.11 Å². The third-order valence-electron chi connectivity index (χ3n) is 2.08. The maximum Gasteiger partial charge on any atom is 0.186 e. The van der Waals surface area contributed by atoms with E-state index in [0.29, 0.717) is 0 Å². The molecule has 0 aliphatic carbocycles. The van der Waals surface area contributed by atoms with E-state index in [4.69, 9.17) is 14.6 Å². The molecule has 1 aliphatic heterocycles. The minimum absolute atomic E-state index is 0.440. The first-order valence-corrected chi connectivity index (χ1v) is 3.95. The highest BCUT2D eigenvalue weighted by molar-refractivity contribution is 4.88. The molecule has 13 heavy (non-hydrogen) atoms. The van der Waals surface area contributed by atoms with E-state index < -0.39 is 37.3 Å². The van der Waals surface area contributed by atoms with Crippen molar-refractivity contribution in [2.45, 2.75) is 30.7 Å². The van der Waals surface area contributed by atoms with Gasteiger partial charge in [-0.1, -0.05) is 0 Å². The average Bonchev–Trinajstić information content (AvgIpc) is 2.15. The summed E-state index contributed by atoms with van der Waals surface area (Å²) in [7, 11) is 1.30. The summed E-state index contributed by atoms with van der Waals surface area (Å²) in [6, 6.07) is 0. The Morgan fingerprint density at radius 3 is 2.23 bits per heavy atom. The molecule has 2 unspecified atom stereocenters. The lowest BCUT2D eigenvalue weighted by Crippen LogP contribution is -2.58. The van der Waals surface area contributed by atoms with E-state index in [0.717, 1.165) is 0 Å². The van der Waals surface area contributed by atoms with Crippen LogP contribution < -0.4 is 0 Å². The molecule has 1 fully saturated rings. The predicted octanol–water partition coefficient (Wildman–Crippen LogP) is -2.57. The first-order valence-electron chi connectivity index (χ1n) is 3.95. The quantitative estimate of drug-likeness (QED) is 0.386. The van der Waals surface area contributed by atoms with Gasteiger partial charge in [-0.2, -0.15) is 0 Å². The zero-order valence-corrected chi connectivity index (χ0v) is 7.20. The van der Waals surface area contributed by atoms with Crippen LogP contribution in [-0.4, -0.2) is 64.8 Å². The van der Waals surface area contributed by atoms with Gasteiger partial charge in [0.2, 0.25) is 0 Å². The number of rotatable bonds is 2. The van der Waals surface area contributed by atoms with Crippen LogP contribution in [0.5, 0.6) is 0 Å². The molecule has 0 saturated carbocycles. The SMILES string of the molecule is CO[C@H]1OC(CO)[C@@H](O)[C@@H](O)C1O. The Balaban J connectivity index is 2.66. The second kappa shape index (κ2) is 4.32. The molecule has 0 bridgehead atoms. The molecule has 6 nitrogen and oxygen atoms in total. The Kier molecular flexibility index (Phi) is 3.60. The summed E-state index contributed by atoms with van der Waals surface area (Å²) in [5.74, 6) is 0. The second-order valence-electron chi connectivity index (χ2n) is 2.93. The molecule has 5 atom stereocenters. The summed E-state index contributed by atoms with van der Waals surface area (Å²) in [4.78, 5) is 0. The molecule has 6 heteroatoms. The van der Waals surface area contributed by atoms with Gasteiger partial charge < -0.3 is 29.9 Å². The van der Waals surface area contributed by atoms with Gasteiger partial charge in [0.25, 0.3) is 0 Å². The molecule has 0 radical (unpaired) electrons. The van der Waals surface area contributed by atoms with Gasteiger partial charge in [-0.05, 0) is 0 Å². The summed E-state index contributed by atoms with van der Waals surface area (Å²) in [6.07, 6.45) is -5.91. The third kappa shape index (κ3) is 1.98. The maximum absolute atomic E-state index is 9.28. The smallest absolute Gasteiger partial charge is 0.186 e. The first-order chi connectivity index (χ1) is 6.11. The normalized spacial score (nSPS) is 46.4. The van der Waals surface area contributed by atoms with E-state index in [-0.39, 0.29) is 0 Å². The van der Waals surface area contributed by atoms with Crippen LogP contribution in [0.15, 0.2) is 0 Å². The number of aliphatic hydroxyl groups excluding tert-OH is 4. The molecule has 1 aliphatic rings. The third-order valence-corrected chi connectivity index (χ3v) is 2.08. The molecule has 0 spiro atoms. The van der Waals surface area contributed by atoms with Gasteiger partial charge in [0.05, 0.1) is 6.61 Å². The largest absolute Gasteiger partial charge is 0.394 e. The molecule has 1 heterocycles. The highest BCUT2D eigenvalue weighted by Crippen LogP contribution is 2.20. The van der Waals surface area contributed by atoms with Crippen LogP contribution in [0.4, 0.5) is 0 Å². The first kappa shape index (κ1) is 10.8. The lowest BCUT2D eigenvalue weighted by atomic mass is 9.99.